The lowest BCUT2D eigenvalue weighted by atomic mass is 10.1. The van der Waals surface area contributed by atoms with Gasteiger partial charge in [-0.25, -0.2) is 9.78 Å². The average molecular weight is 451 g/mol. The Morgan fingerprint density at radius 1 is 0.939 bits per heavy atom. The summed E-state index contributed by atoms with van der Waals surface area (Å²) < 4.78 is 11.9. The minimum absolute atomic E-state index is 0. The second kappa shape index (κ2) is 11.7. The third-order valence-corrected chi connectivity index (χ3v) is 4.47. The number of ether oxygens (including phenoxy) is 2. The average Bonchev–Trinajstić information content (AvgIpc) is 2.74. The second-order valence-electron chi connectivity index (χ2n) is 7.67. The van der Waals surface area contributed by atoms with Crippen LogP contribution in [0.15, 0.2) is 66.9 Å². The summed E-state index contributed by atoms with van der Waals surface area (Å²) >= 11 is 0. The van der Waals surface area contributed by atoms with E-state index in [9.17, 15) is 9.59 Å². The Morgan fingerprint density at radius 3 is 2.18 bits per heavy atom. The number of carboxylic acids is 1. The van der Waals surface area contributed by atoms with Crippen molar-refractivity contribution in [2.75, 3.05) is 5.32 Å². The number of nitrogens with zero attached hydrogens (tertiary/aromatic N) is 1. The van der Waals surface area contributed by atoms with Gasteiger partial charge in [0.2, 0.25) is 0 Å². The topological polar surface area (TPSA) is 97.8 Å². The van der Waals surface area contributed by atoms with Crippen molar-refractivity contribution in [3.8, 4) is 11.5 Å². The van der Waals surface area contributed by atoms with E-state index in [1.54, 1.807) is 18.2 Å². The third kappa shape index (κ3) is 7.64. The number of nitrogens with one attached hydrogen (secondary N) is 1. The monoisotopic (exact) mass is 450 g/mol. The number of hydrogen-bond donors (Lipinski definition) is 2. The Morgan fingerprint density at radius 2 is 1.61 bits per heavy atom. The molecule has 2 aromatic carbocycles. The van der Waals surface area contributed by atoms with E-state index in [1.807, 2.05) is 51.1 Å². The summed E-state index contributed by atoms with van der Waals surface area (Å²) in [7, 11) is 0. The fourth-order valence-electron chi connectivity index (χ4n) is 3.11. The molecule has 0 aliphatic heterocycles. The standard InChI is InChI=1S/C25H26N2O5.CH4/c1-16(2)31-21-12-20(24(28)27-23-10-9-19(15-26-23)25(29)30)13-22(14-21)32-17(3)11-18-7-5-4-6-8-18;/h4-10,12-17H,11H2,1-3H3,(H,29,30)(H,26,27,28);1H4/t17-;/m1./s1. The van der Waals surface area contributed by atoms with Gasteiger partial charge in [0.05, 0.1) is 17.8 Å². The number of amides is 1. The van der Waals surface area contributed by atoms with Crippen LogP contribution in [0.25, 0.3) is 0 Å². The molecule has 3 rings (SSSR count). The lowest BCUT2D eigenvalue weighted by Gasteiger charge is -2.18. The number of pyridine rings is 1. The van der Waals surface area contributed by atoms with Gasteiger partial charge in [-0.05, 0) is 50.6 Å². The van der Waals surface area contributed by atoms with E-state index in [1.165, 1.54) is 18.3 Å². The molecule has 0 aliphatic carbocycles. The summed E-state index contributed by atoms with van der Waals surface area (Å²) in [6.07, 6.45) is 1.72. The van der Waals surface area contributed by atoms with Crippen molar-refractivity contribution in [2.24, 2.45) is 0 Å². The molecular weight excluding hydrogens is 420 g/mol. The highest BCUT2D eigenvalue weighted by molar-refractivity contribution is 6.04. The maximum Gasteiger partial charge on any atom is 0.337 e. The quantitative estimate of drug-likeness (QED) is 0.449. The van der Waals surface area contributed by atoms with Gasteiger partial charge in [-0.3, -0.25) is 4.79 Å². The highest BCUT2D eigenvalue weighted by Gasteiger charge is 2.14. The minimum Gasteiger partial charge on any atom is -0.491 e. The molecule has 0 fully saturated rings. The Balaban J connectivity index is 0.00000385. The van der Waals surface area contributed by atoms with Crippen LogP contribution in [0, 0.1) is 0 Å². The molecule has 33 heavy (non-hydrogen) atoms. The van der Waals surface area contributed by atoms with Crippen LogP contribution in [0.5, 0.6) is 11.5 Å². The molecule has 1 atom stereocenters. The maximum absolute atomic E-state index is 12.8. The number of aromatic carboxylic acids is 1. The number of aromatic nitrogens is 1. The number of carbonyl (C=O) groups is 2. The van der Waals surface area contributed by atoms with Gasteiger partial charge < -0.3 is 19.9 Å². The normalized spacial score (nSPS) is 11.3. The smallest absolute Gasteiger partial charge is 0.337 e. The zero-order valence-corrected chi connectivity index (χ0v) is 18.2. The van der Waals surface area contributed by atoms with E-state index < -0.39 is 11.9 Å². The summed E-state index contributed by atoms with van der Waals surface area (Å²) in [4.78, 5) is 27.8. The van der Waals surface area contributed by atoms with Crippen LogP contribution < -0.4 is 14.8 Å². The molecule has 174 valence electrons. The Labute approximate surface area is 194 Å². The van der Waals surface area contributed by atoms with Crippen molar-refractivity contribution in [2.45, 2.75) is 46.8 Å². The summed E-state index contributed by atoms with van der Waals surface area (Å²) in [5.74, 6) is -0.208. The van der Waals surface area contributed by atoms with E-state index in [2.05, 4.69) is 10.3 Å². The summed E-state index contributed by atoms with van der Waals surface area (Å²) in [5, 5.41) is 11.6. The highest BCUT2D eigenvalue weighted by Crippen LogP contribution is 2.26. The van der Waals surface area contributed by atoms with E-state index in [0.29, 0.717) is 17.1 Å². The molecule has 0 bridgehead atoms. The van der Waals surface area contributed by atoms with E-state index in [0.717, 1.165) is 12.0 Å². The number of carboxylic acid groups (broad SMARTS) is 1. The van der Waals surface area contributed by atoms with Gasteiger partial charge in [0.15, 0.2) is 0 Å². The molecule has 0 saturated carbocycles. The lowest BCUT2D eigenvalue weighted by Crippen LogP contribution is -2.17. The van der Waals surface area contributed by atoms with Crippen molar-refractivity contribution in [1.82, 2.24) is 4.98 Å². The molecule has 0 unspecified atom stereocenters. The highest BCUT2D eigenvalue weighted by atomic mass is 16.5. The predicted molar refractivity (Wildman–Crippen MR) is 128 cm³/mol. The largest absolute Gasteiger partial charge is 0.491 e. The molecule has 0 saturated heterocycles. The second-order valence-corrected chi connectivity index (χ2v) is 7.67. The van der Waals surface area contributed by atoms with E-state index in [4.69, 9.17) is 14.6 Å². The Kier molecular flexibility index (Phi) is 8.98. The van der Waals surface area contributed by atoms with Crippen LogP contribution in [-0.4, -0.2) is 34.2 Å². The fourth-order valence-corrected chi connectivity index (χ4v) is 3.11. The first-order valence-electron chi connectivity index (χ1n) is 10.3. The van der Waals surface area contributed by atoms with Crippen LogP contribution >= 0.6 is 0 Å². The van der Waals surface area contributed by atoms with Gasteiger partial charge in [0.1, 0.15) is 17.3 Å². The van der Waals surface area contributed by atoms with Crippen LogP contribution in [-0.2, 0) is 6.42 Å². The zero-order chi connectivity index (χ0) is 23.1. The molecule has 3 aromatic rings. The van der Waals surface area contributed by atoms with Gasteiger partial charge >= 0.3 is 5.97 Å². The van der Waals surface area contributed by atoms with Crippen molar-refractivity contribution in [3.63, 3.8) is 0 Å². The van der Waals surface area contributed by atoms with E-state index >= 15 is 0 Å². The molecule has 7 heteroatoms. The van der Waals surface area contributed by atoms with Gasteiger partial charge in [0, 0.05) is 24.2 Å². The summed E-state index contributed by atoms with van der Waals surface area (Å²) in [5.41, 5.74) is 1.54. The number of anilines is 1. The van der Waals surface area contributed by atoms with Gasteiger partial charge in [-0.2, -0.15) is 0 Å². The molecule has 0 aliphatic rings. The number of carbonyl (C=O) groups excluding carboxylic acids is 1. The molecular formula is C26H30N2O5. The maximum atomic E-state index is 12.8. The first-order chi connectivity index (χ1) is 15.3. The van der Waals surface area contributed by atoms with Crippen LogP contribution in [0.1, 0.15) is 54.5 Å². The minimum atomic E-state index is -1.08. The van der Waals surface area contributed by atoms with Gasteiger partial charge in [-0.15, -0.1) is 0 Å². The van der Waals surface area contributed by atoms with Gasteiger partial charge in [0.25, 0.3) is 5.91 Å². The van der Waals surface area contributed by atoms with Crippen LogP contribution in [0.2, 0.25) is 0 Å². The zero-order valence-electron chi connectivity index (χ0n) is 18.2. The predicted octanol–water partition coefficient (Wildman–Crippen LogP) is 5.47. The van der Waals surface area contributed by atoms with Crippen molar-refractivity contribution < 1.29 is 24.2 Å². The Bertz CT molecular complexity index is 1070. The number of rotatable bonds is 9. The first kappa shape index (κ1) is 25.4. The van der Waals surface area contributed by atoms with Crippen molar-refractivity contribution in [1.29, 1.82) is 0 Å². The summed E-state index contributed by atoms with van der Waals surface area (Å²) in [6, 6.07) is 17.9. The number of hydrogen-bond acceptors (Lipinski definition) is 5. The summed E-state index contributed by atoms with van der Waals surface area (Å²) in [6.45, 7) is 5.77. The third-order valence-electron chi connectivity index (χ3n) is 4.47. The molecule has 7 nitrogen and oxygen atoms in total. The molecule has 1 amide bonds. The fraction of sp³-hybridized carbons (Fsp3) is 0.269. The Hall–Kier alpha value is -3.87. The van der Waals surface area contributed by atoms with Crippen molar-refractivity contribution >= 4 is 17.7 Å². The SMILES string of the molecule is C.CC(C)Oc1cc(O[C@H](C)Cc2ccccc2)cc(C(=O)Nc2ccc(C(=O)O)cn2)c1. The molecule has 0 radical (unpaired) electrons. The van der Waals surface area contributed by atoms with Gasteiger partial charge in [-0.1, -0.05) is 37.8 Å². The van der Waals surface area contributed by atoms with Crippen LogP contribution in [0.4, 0.5) is 5.82 Å². The molecule has 2 N–H and O–H groups in total. The first-order valence-corrected chi connectivity index (χ1v) is 10.3. The lowest BCUT2D eigenvalue weighted by molar-refractivity contribution is 0.0696. The molecule has 1 heterocycles. The van der Waals surface area contributed by atoms with E-state index in [-0.39, 0.29) is 31.0 Å². The number of benzene rings is 2. The van der Waals surface area contributed by atoms with Crippen molar-refractivity contribution in [3.05, 3.63) is 83.6 Å². The molecule has 1 aromatic heterocycles. The molecule has 0 spiro atoms. The van der Waals surface area contributed by atoms with Crippen LogP contribution in [0.3, 0.4) is 0 Å².